The van der Waals surface area contributed by atoms with Gasteiger partial charge in [0.05, 0.1) is 14.2 Å². The molecule has 6 nitrogen and oxygen atoms in total. The van der Waals surface area contributed by atoms with E-state index in [0.29, 0.717) is 29.9 Å². The predicted octanol–water partition coefficient (Wildman–Crippen LogP) is 3.74. The van der Waals surface area contributed by atoms with E-state index in [-0.39, 0.29) is 30.6 Å². The van der Waals surface area contributed by atoms with Crippen LogP contribution in [0.1, 0.15) is 33.6 Å². The molecule has 3 N–H and O–H groups in total. The first-order valence-corrected chi connectivity index (χ1v) is 8.92. The number of halogens is 1. The summed E-state index contributed by atoms with van der Waals surface area (Å²) in [7, 11) is 3.23. The molecule has 1 atom stereocenters. The van der Waals surface area contributed by atoms with Crippen molar-refractivity contribution in [3.63, 3.8) is 0 Å². The lowest BCUT2D eigenvalue weighted by molar-refractivity contribution is 0.246. The van der Waals surface area contributed by atoms with Crippen LogP contribution in [0.5, 0.6) is 11.5 Å². The number of hydrogen-bond donors (Lipinski definition) is 3. The molecule has 0 heterocycles. The molecule has 150 valence electrons. The Hall–Kier alpha value is -1.22. The molecule has 0 aliphatic heterocycles. The number of guanidine groups is 1. The number of aliphatic hydroxyl groups excluding tert-OH is 1. The van der Waals surface area contributed by atoms with Crippen LogP contribution in [0, 0.1) is 11.8 Å². The third kappa shape index (κ3) is 8.93. The van der Waals surface area contributed by atoms with Gasteiger partial charge < -0.3 is 25.2 Å². The Bertz CT molecular complexity index is 539. The summed E-state index contributed by atoms with van der Waals surface area (Å²) < 4.78 is 10.6. The third-order valence-electron chi connectivity index (χ3n) is 3.84. The van der Waals surface area contributed by atoms with Gasteiger partial charge in [-0.3, -0.25) is 4.99 Å². The highest BCUT2D eigenvalue weighted by molar-refractivity contribution is 14.0. The highest BCUT2D eigenvalue weighted by Gasteiger charge is 2.11. The van der Waals surface area contributed by atoms with Crippen molar-refractivity contribution in [1.82, 2.24) is 5.32 Å². The first-order valence-electron chi connectivity index (χ1n) is 8.92. The van der Waals surface area contributed by atoms with Crippen LogP contribution in [0.2, 0.25) is 0 Å². The van der Waals surface area contributed by atoms with E-state index in [1.54, 1.807) is 14.2 Å². The number of aliphatic imine (C=N–C) groups is 1. The Morgan fingerprint density at radius 2 is 1.88 bits per heavy atom. The Kier molecular flexibility index (Phi) is 13.3. The molecule has 0 spiro atoms. The maximum atomic E-state index is 9.25. The molecule has 0 fully saturated rings. The Morgan fingerprint density at radius 1 is 1.19 bits per heavy atom. The number of ether oxygens (including phenoxy) is 2. The van der Waals surface area contributed by atoms with Crippen molar-refractivity contribution in [3.8, 4) is 11.5 Å². The first kappa shape index (κ1) is 24.8. The van der Waals surface area contributed by atoms with Gasteiger partial charge in [-0.1, -0.05) is 13.8 Å². The molecule has 0 bridgehead atoms. The van der Waals surface area contributed by atoms with Gasteiger partial charge in [-0.05, 0) is 43.7 Å². The van der Waals surface area contributed by atoms with Crippen LogP contribution >= 0.6 is 24.0 Å². The standard InChI is InChI=1S/C19H33N3O3.HI/c1-6-20-19(21-13-15(9-10-23)11-14(2)3)22-16-7-8-17(24-4)18(12-16)25-5;/h7-8,12,14-15,23H,6,9-11,13H2,1-5H3,(H2,20,21,22);1H. The van der Waals surface area contributed by atoms with Crippen LogP contribution in [-0.4, -0.2) is 45.0 Å². The Balaban J connectivity index is 0.00000625. The van der Waals surface area contributed by atoms with Gasteiger partial charge in [-0.15, -0.1) is 24.0 Å². The minimum atomic E-state index is 0. The zero-order chi connectivity index (χ0) is 18.7. The maximum Gasteiger partial charge on any atom is 0.195 e. The second-order valence-corrected chi connectivity index (χ2v) is 6.42. The van der Waals surface area contributed by atoms with Crippen LogP contribution < -0.4 is 20.1 Å². The number of aliphatic hydroxyl groups is 1. The Morgan fingerprint density at radius 3 is 2.42 bits per heavy atom. The predicted molar refractivity (Wildman–Crippen MR) is 119 cm³/mol. The normalized spacial score (nSPS) is 12.3. The summed E-state index contributed by atoms with van der Waals surface area (Å²) in [6, 6.07) is 5.66. The third-order valence-corrected chi connectivity index (χ3v) is 3.84. The lowest BCUT2D eigenvalue weighted by Gasteiger charge is -2.18. The average Bonchev–Trinajstić information content (AvgIpc) is 2.59. The molecule has 0 aromatic heterocycles. The molecule has 1 unspecified atom stereocenters. The smallest absolute Gasteiger partial charge is 0.195 e. The van der Waals surface area contributed by atoms with Crippen molar-refractivity contribution in [2.45, 2.75) is 33.6 Å². The van der Waals surface area contributed by atoms with E-state index in [9.17, 15) is 5.11 Å². The monoisotopic (exact) mass is 479 g/mol. The minimum Gasteiger partial charge on any atom is -0.493 e. The maximum absolute atomic E-state index is 9.25. The molecule has 1 rings (SSSR count). The molecule has 0 radical (unpaired) electrons. The van der Waals surface area contributed by atoms with Gasteiger partial charge in [-0.25, -0.2) is 0 Å². The van der Waals surface area contributed by atoms with E-state index in [4.69, 9.17) is 14.5 Å². The fourth-order valence-electron chi connectivity index (χ4n) is 2.71. The van der Waals surface area contributed by atoms with Gasteiger partial charge in [0.15, 0.2) is 17.5 Å². The highest BCUT2D eigenvalue weighted by Crippen LogP contribution is 2.29. The van der Waals surface area contributed by atoms with E-state index < -0.39 is 0 Å². The first-order chi connectivity index (χ1) is 12.0. The quantitative estimate of drug-likeness (QED) is 0.271. The van der Waals surface area contributed by atoms with Gasteiger partial charge in [0, 0.05) is 31.5 Å². The zero-order valence-corrected chi connectivity index (χ0v) is 18.9. The topological polar surface area (TPSA) is 75.1 Å². The average molecular weight is 479 g/mol. The number of methoxy groups -OCH3 is 2. The van der Waals surface area contributed by atoms with E-state index >= 15 is 0 Å². The van der Waals surface area contributed by atoms with E-state index in [2.05, 4.69) is 24.5 Å². The van der Waals surface area contributed by atoms with Gasteiger partial charge in [0.25, 0.3) is 0 Å². The van der Waals surface area contributed by atoms with Gasteiger partial charge >= 0.3 is 0 Å². The van der Waals surface area contributed by atoms with Crippen LogP contribution in [0.3, 0.4) is 0 Å². The van der Waals surface area contributed by atoms with Crippen LogP contribution in [-0.2, 0) is 0 Å². The Labute approximate surface area is 174 Å². The van der Waals surface area contributed by atoms with Gasteiger partial charge in [0.2, 0.25) is 0 Å². The zero-order valence-electron chi connectivity index (χ0n) is 16.5. The molecule has 0 aliphatic carbocycles. The summed E-state index contributed by atoms with van der Waals surface area (Å²) in [5.74, 6) is 3.05. The van der Waals surface area contributed by atoms with E-state index in [0.717, 1.165) is 31.0 Å². The lowest BCUT2D eigenvalue weighted by Crippen LogP contribution is -2.31. The van der Waals surface area contributed by atoms with E-state index in [1.165, 1.54) is 0 Å². The van der Waals surface area contributed by atoms with Crippen molar-refractivity contribution in [2.75, 3.05) is 39.2 Å². The van der Waals surface area contributed by atoms with Gasteiger partial charge in [0.1, 0.15) is 0 Å². The molecule has 1 aromatic rings. The fraction of sp³-hybridized carbons (Fsp3) is 0.632. The molecule has 0 amide bonds. The van der Waals surface area contributed by atoms with Crippen molar-refractivity contribution in [3.05, 3.63) is 18.2 Å². The van der Waals surface area contributed by atoms with Crippen molar-refractivity contribution in [1.29, 1.82) is 0 Å². The molecular weight excluding hydrogens is 445 g/mol. The summed E-state index contributed by atoms with van der Waals surface area (Å²) in [6.45, 7) is 8.08. The largest absolute Gasteiger partial charge is 0.493 e. The summed E-state index contributed by atoms with van der Waals surface area (Å²) in [5, 5.41) is 15.8. The second-order valence-electron chi connectivity index (χ2n) is 6.42. The van der Waals surface area contributed by atoms with E-state index in [1.807, 2.05) is 25.1 Å². The summed E-state index contributed by atoms with van der Waals surface area (Å²) in [6.07, 6.45) is 1.83. The number of nitrogens with zero attached hydrogens (tertiary/aromatic N) is 1. The molecule has 0 saturated heterocycles. The minimum absolute atomic E-state index is 0. The molecule has 0 aliphatic rings. The van der Waals surface area contributed by atoms with Crippen LogP contribution in [0.4, 0.5) is 5.69 Å². The van der Waals surface area contributed by atoms with Crippen molar-refractivity contribution < 1.29 is 14.6 Å². The SMILES string of the molecule is CCNC(=NCC(CCO)CC(C)C)Nc1ccc(OC)c(OC)c1.I. The summed E-state index contributed by atoms with van der Waals surface area (Å²) >= 11 is 0. The molecule has 1 aromatic carbocycles. The fourth-order valence-corrected chi connectivity index (χ4v) is 2.71. The second kappa shape index (κ2) is 13.9. The summed E-state index contributed by atoms with van der Waals surface area (Å²) in [4.78, 5) is 4.69. The highest BCUT2D eigenvalue weighted by atomic mass is 127. The van der Waals surface area contributed by atoms with Crippen molar-refractivity contribution >= 4 is 35.6 Å². The number of anilines is 1. The molecule has 7 heteroatoms. The number of hydrogen-bond acceptors (Lipinski definition) is 4. The lowest BCUT2D eigenvalue weighted by atomic mass is 9.94. The molecular formula is C19H34IN3O3. The summed E-state index contributed by atoms with van der Waals surface area (Å²) in [5.41, 5.74) is 0.875. The van der Waals surface area contributed by atoms with Crippen molar-refractivity contribution in [2.24, 2.45) is 16.8 Å². The van der Waals surface area contributed by atoms with Gasteiger partial charge in [-0.2, -0.15) is 0 Å². The van der Waals surface area contributed by atoms with Crippen LogP contribution in [0.15, 0.2) is 23.2 Å². The molecule has 26 heavy (non-hydrogen) atoms. The molecule has 0 saturated carbocycles. The number of rotatable bonds is 10. The van der Waals surface area contributed by atoms with Crippen LogP contribution in [0.25, 0.3) is 0 Å². The number of nitrogens with one attached hydrogen (secondary N) is 2. The number of benzene rings is 1.